The molecule has 0 radical (unpaired) electrons. The maximum absolute atomic E-state index is 10.7. The van der Waals surface area contributed by atoms with Gasteiger partial charge in [-0.05, 0) is 19.1 Å². The number of H-pyrrole nitrogens is 1. The van der Waals surface area contributed by atoms with Crippen molar-refractivity contribution in [3.63, 3.8) is 0 Å². The second-order valence-corrected chi connectivity index (χ2v) is 3.70. The summed E-state index contributed by atoms with van der Waals surface area (Å²) in [5.41, 5.74) is 0. The Kier molecular flexibility index (Phi) is 3.42. The molecule has 0 saturated heterocycles. The second-order valence-electron chi connectivity index (χ2n) is 3.70. The Hall–Kier alpha value is -2.57. The smallest absolute Gasteiger partial charge is 0.325 e. The fraction of sp³-hybridized carbons (Fsp3) is 0.182. The summed E-state index contributed by atoms with van der Waals surface area (Å²) in [6.07, 6.45) is 3.15. The molecule has 0 aliphatic heterocycles. The number of rotatable bonds is 5. The van der Waals surface area contributed by atoms with Crippen LogP contribution in [0.15, 0.2) is 30.7 Å². The molecule has 0 aromatic carbocycles. The lowest BCUT2D eigenvalue weighted by Gasteiger charge is -2.10. The van der Waals surface area contributed by atoms with Crippen molar-refractivity contribution in [3.05, 3.63) is 30.7 Å². The van der Waals surface area contributed by atoms with Gasteiger partial charge in [0.25, 0.3) is 0 Å². The number of carboxylic acids is 1. The van der Waals surface area contributed by atoms with Gasteiger partial charge in [0.2, 0.25) is 0 Å². The van der Waals surface area contributed by atoms with E-state index in [1.807, 2.05) is 12.1 Å². The molecule has 0 bridgehead atoms. The zero-order chi connectivity index (χ0) is 13.0. The highest BCUT2D eigenvalue weighted by atomic mass is 16.4. The molecule has 2 aromatic rings. The average Bonchev–Trinajstić information content (AvgIpc) is 2.82. The van der Waals surface area contributed by atoms with E-state index in [0.29, 0.717) is 11.6 Å². The van der Waals surface area contributed by atoms with Gasteiger partial charge in [0, 0.05) is 12.3 Å². The van der Waals surface area contributed by atoms with Gasteiger partial charge in [-0.2, -0.15) is 0 Å². The van der Waals surface area contributed by atoms with Crippen LogP contribution in [0.5, 0.6) is 0 Å². The van der Waals surface area contributed by atoms with Gasteiger partial charge in [0.1, 0.15) is 29.8 Å². The molecule has 2 aromatic heterocycles. The molecule has 0 saturated carbocycles. The molecule has 0 fully saturated rings. The van der Waals surface area contributed by atoms with E-state index in [9.17, 15) is 4.79 Å². The summed E-state index contributed by atoms with van der Waals surface area (Å²) >= 11 is 0. The van der Waals surface area contributed by atoms with E-state index >= 15 is 0 Å². The molecular weight excluding hydrogens is 234 g/mol. The molecule has 0 aliphatic rings. The van der Waals surface area contributed by atoms with E-state index in [4.69, 9.17) is 5.11 Å². The molecule has 7 heteroatoms. The minimum atomic E-state index is -0.938. The van der Waals surface area contributed by atoms with E-state index in [1.165, 1.54) is 6.33 Å². The molecule has 1 unspecified atom stereocenters. The van der Waals surface area contributed by atoms with Crippen molar-refractivity contribution in [3.8, 4) is 0 Å². The summed E-state index contributed by atoms with van der Waals surface area (Å²) < 4.78 is 0. The highest BCUT2D eigenvalue weighted by molar-refractivity contribution is 5.76. The predicted molar refractivity (Wildman–Crippen MR) is 66.8 cm³/mol. The van der Waals surface area contributed by atoms with Crippen LogP contribution >= 0.6 is 0 Å². The van der Waals surface area contributed by atoms with E-state index in [2.05, 4.69) is 25.6 Å². The minimum absolute atomic E-state index is 0.453. The van der Waals surface area contributed by atoms with Crippen molar-refractivity contribution < 1.29 is 9.90 Å². The molecule has 0 amide bonds. The third-order valence-corrected chi connectivity index (χ3v) is 2.26. The Morgan fingerprint density at radius 2 is 2.22 bits per heavy atom. The van der Waals surface area contributed by atoms with Crippen LogP contribution in [0.3, 0.4) is 0 Å². The maximum Gasteiger partial charge on any atom is 0.325 e. The molecule has 2 rings (SSSR count). The number of aromatic nitrogens is 3. The molecule has 94 valence electrons. The molecule has 0 aliphatic carbocycles. The number of nitrogens with one attached hydrogen (secondary N) is 3. The number of aliphatic carboxylic acids is 1. The molecule has 2 heterocycles. The number of hydrogen-bond acceptors (Lipinski definition) is 5. The van der Waals surface area contributed by atoms with Crippen LogP contribution in [0.2, 0.25) is 0 Å². The first-order valence-electron chi connectivity index (χ1n) is 5.37. The molecule has 1 atom stereocenters. The SMILES string of the molecule is CC(Nc1cc(Nc2ccc[nH]2)ncn1)C(=O)O. The molecule has 0 spiro atoms. The minimum Gasteiger partial charge on any atom is -0.480 e. The van der Waals surface area contributed by atoms with E-state index < -0.39 is 12.0 Å². The summed E-state index contributed by atoms with van der Waals surface area (Å²) in [6, 6.07) is 4.64. The summed E-state index contributed by atoms with van der Waals surface area (Å²) in [5, 5.41) is 14.6. The lowest BCUT2D eigenvalue weighted by atomic mass is 10.3. The Labute approximate surface area is 103 Å². The van der Waals surface area contributed by atoms with E-state index in [-0.39, 0.29) is 0 Å². The first kappa shape index (κ1) is 11.9. The van der Waals surface area contributed by atoms with Crippen molar-refractivity contribution in [1.29, 1.82) is 0 Å². The first-order chi connectivity index (χ1) is 8.65. The Bertz CT molecular complexity index is 526. The standard InChI is InChI=1S/C11H13N5O2/c1-7(11(17)18)15-9-5-10(14-6-13-9)16-8-3-2-4-12-8/h2-7,12H,1H3,(H,17,18)(H2,13,14,15,16). The summed E-state index contributed by atoms with van der Waals surface area (Å²) in [6.45, 7) is 1.54. The van der Waals surface area contributed by atoms with Crippen LogP contribution < -0.4 is 10.6 Å². The Morgan fingerprint density at radius 1 is 1.44 bits per heavy atom. The predicted octanol–water partition coefficient (Wildman–Crippen LogP) is 1.43. The van der Waals surface area contributed by atoms with Gasteiger partial charge in [-0.3, -0.25) is 4.79 Å². The molecule has 7 nitrogen and oxygen atoms in total. The van der Waals surface area contributed by atoms with Crippen molar-refractivity contribution in [2.75, 3.05) is 10.6 Å². The van der Waals surface area contributed by atoms with Crippen LogP contribution in [0.25, 0.3) is 0 Å². The van der Waals surface area contributed by atoms with E-state index in [1.54, 1.807) is 19.2 Å². The van der Waals surface area contributed by atoms with Gasteiger partial charge in [-0.1, -0.05) is 0 Å². The van der Waals surface area contributed by atoms with Crippen LogP contribution in [-0.4, -0.2) is 32.1 Å². The van der Waals surface area contributed by atoms with Gasteiger partial charge in [-0.15, -0.1) is 0 Å². The second kappa shape index (κ2) is 5.17. The largest absolute Gasteiger partial charge is 0.480 e. The number of aromatic amines is 1. The first-order valence-corrected chi connectivity index (χ1v) is 5.37. The quantitative estimate of drug-likeness (QED) is 0.637. The number of hydrogen-bond donors (Lipinski definition) is 4. The zero-order valence-corrected chi connectivity index (χ0v) is 9.71. The van der Waals surface area contributed by atoms with E-state index in [0.717, 1.165) is 5.82 Å². The number of carboxylic acid groups (broad SMARTS) is 1. The van der Waals surface area contributed by atoms with Crippen molar-refractivity contribution in [2.24, 2.45) is 0 Å². The number of carbonyl (C=O) groups is 1. The lowest BCUT2D eigenvalue weighted by Crippen LogP contribution is -2.25. The third-order valence-electron chi connectivity index (χ3n) is 2.26. The lowest BCUT2D eigenvalue weighted by molar-refractivity contribution is -0.137. The topological polar surface area (TPSA) is 103 Å². The van der Waals surface area contributed by atoms with Crippen LogP contribution in [-0.2, 0) is 4.79 Å². The zero-order valence-electron chi connectivity index (χ0n) is 9.71. The number of nitrogens with zero attached hydrogens (tertiary/aromatic N) is 2. The van der Waals surface area contributed by atoms with Crippen molar-refractivity contribution in [1.82, 2.24) is 15.0 Å². The molecule has 18 heavy (non-hydrogen) atoms. The molecule has 4 N–H and O–H groups in total. The number of anilines is 3. The third kappa shape index (κ3) is 2.97. The summed E-state index contributed by atoms with van der Waals surface area (Å²) in [7, 11) is 0. The molecular formula is C11H13N5O2. The fourth-order valence-electron chi connectivity index (χ4n) is 1.33. The summed E-state index contributed by atoms with van der Waals surface area (Å²) in [5.74, 6) is 0.889. The maximum atomic E-state index is 10.7. The van der Waals surface area contributed by atoms with Gasteiger partial charge in [-0.25, -0.2) is 9.97 Å². The van der Waals surface area contributed by atoms with Crippen LogP contribution in [0.4, 0.5) is 17.5 Å². The highest BCUT2D eigenvalue weighted by Crippen LogP contribution is 2.14. The van der Waals surface area contributed by atoms with Gasteiger partial charge >= 0.3 is 5.97 Å². The Balaban J connectivity index is 2.07. The van der Waals surface area contributed by atoms with Gasteiger partial charge in [0.15, 0.2) is 0 Å². The van der Waals surface area contributed by atoms with Gasteiger partial charge in [0.05, 0.1) is 0 Å². The fourth-order valence-corrected chi connectivity index (χ4v) is 1.33. The van der Waals surface area contributed by atoms with Crippen molar-refractivity contribution in [2.45, 2.75) is 13.0 Å². The normalized spacial score (nSPS) is 11.8. The monoisotopic (exact) mass is 247 g/mol. The average molecular weight is 247 g/mol. The van der Waals surface area contributed by atoms with Crippen LogP contribution in [0.1, 0.15) is 6.92 Å². The van der Waals surface area contributed by atoms with Crippen LogP contribution in [0, 0.1) is 0 Å². The summed E-state index contributed by atoms with van der Waals surface area (Å²) in [4.78, 5) is 21.7. The van der Waals surface area contributed by atoms with Crippen molar-refractivity contribution >= 4 is 23.4 Å². The highest BCUT2D eigenvalue weighted by Gasteiger charge is 2.11. The Morgan fingerprint density at radius 3 is 2.89 bits per heavy atom. The van der Waals surface area contributed by atoms with Gasteiger partial charge < -0.3 is 20.7 Å².